The Morgan fingerprint density at radius 1 is 1.37 bits per heavy atom. The summed E-state index contributed by atoms with van der Waals surface area (Å²) in [6.45, 7) is 1.55. The lowest BCUT2D eigenvalue weighted by Crippen LogP contribution is -2.44. The summed E-state index contributed by atoms with van der Waals surface area (Å²) in [7, 11) is 0. The van der Waals surface area contributed by atoms with E-state index in [1.54, 1.807) is 0 Å². The van der Waals surface area contributed by atoms with Crippen LogP contribution in [0.3, 0.4) is 0 Å². The van der Waals surface area contributed by atoms with Gasteiger partial charge in [-0.3, -0.25) is 0 Å². The molecular weight excluding hydrogens is 260 g/mol. The fourth-order valence-electron chi connectivity index (χ4n) is 3.07. The number of rotatable bonds is 5. The first-order chi connectivity index (χ1) is 9.20. The average Bonchev–Trinajstić information content (AvgIpc) is 2.46. The lowest BCUT2D eigenvalue weighted by atomic mass is 9.68. The molecule has 0 aliphatic heterocycles. The Morgan fingerprint density at radius 2 is 2.11 bits per heavy atom. The summed E-state index contributed by atoms with van der Waals surface area (Å²) in [6, 6.07) is 8.61. The summed E-state index contributed by atoms with van der Waals surface area (Å²) in [6.07, 6.45) is 4.35. The van der Waals surface area contributed by atoms with Crippen molar-refractivity contribution in [1.82, 2.24) is 5.32 Å². The molecule has 4 heteroatoms. The summed E-state index contributed by atoms with van der Waals surface area (Å²) in [5, 5.41) is 13.0. The van der Waals surface area contributed by atoms with Gasteiger partial charge in [-0.1, -0.05) is 23.7 Å². The normalized spacial score (nSPS) is 27.4. The van der Waals surface area contributed by atoms with Crippen LogP contribution in [0.5, 0.6) is 0 Å². The van der Waals surface area contributed by atoms with Crippen LogP contribution in [-0.2, 0) is 5.41 Å². The second-order valence-electron chi connectivity index (χ2n) is 5.45. The van der Waals surface area contributed by atoms with Crippen LogP contribution in [0, 0.1) is 0 Å². The van der Waals surface area contributed by atoms with Crippen molar-refractivity contribution in [3.63, 3.8) is 0 Å². The molecule has 0 unspecified atom stereocenters. The molecule has 0 amide bonds. The number of halogens is 1. The molecule has 0 saturated heterocycles. The smallest absolute Gasteiger partial charge is 0.0556 e. The third-order valence-electron chi connectivity index (χ3n) is 4.32. The van der Waals surface area contributed by atoms with Crippen LogP contribution in [-0.4, -0.2) is 30.8 Å². The number of hydrogen-bond acceptors (Lipinski definition) is 3. The Morgan fingerprint density at radius 3 is 2.68 bits per heavy atom. The van der Waals surface area contributed by atoms with E-state index in [-0.39, 0.29) is 12.0 Å². The molecule has 0 radical (unpaired) electrons. The van der Waals surface area contributed by atoms with Crippen LogP contribution in [0.4, 0.5) is 0 Å². The van der Waals surface area contributed by atoms with Gasteiger partial charge in [-0.25, -0.2) is 0 Å². The van der Waals surface area contributed by atoms with E-state index in [0.29, 0.717) is 19.1 Å². The zero-order chi connectivity index (χ0) is 13.7. The highest BCUT2D eigenvalue weighted by molar-refractivity contribution is 6.30. The number of aliphatic hydroxyl groups excluding tert-OH is 1. The van der Waals surface area contributed by atoms with Gasteiger partial charge in [-0.15, -0.1) is 0 Å². The maximum atomic E-state index is 8.86. The van der Waals surface area contributed by atoms with Crippen molar-refractivity contribution >= 4 is 11.6 Å². The first-order valence-corrected chi connectivity index (χ1v) is 7.38. The van der Waals surface area contributed by atoms with E-state index in [2.05, 4.69) is 17.4 Å². The van der Waals surface area contributed by atoms with Gasteiger partial charge in [0.25, 0.3) is 0 Å². The van der Waals surface area contributed by atoms with E-state index in [1.165, 1.54) is 5.56 Å². The zero-order valence-electron chi connectivity index (χ0n) is 11.2. The molecule has 1 aromatic carbocycles. The van der Waals surface area contributed by atoms with Gasteiger partial charge in [0.1, 0.15) is 0 Å². The third-order valence-corrected chi connectivity index (χ3v) is 4.55. The molecule has 19 heavy (non-hydrogen) atoms. The van der Waals surface area contributed by atoms with Crippen LogP contribution >= 0.6 is 11.6 Å². The quantitative estimate of drug-likeness (QED) is 0.775. The fraction of sp³-hybridized carbons (Fsp3) is 0.600. The molecule has 1 fully saturated rings. The summed E-state index contributed by atoms with van der Waals surface area (Å²) in [5.41, 5.74) is 7.40. The minimum atomic E-state index is 0.0717. The van der Waals surface area contributed by atoms with E-state index >= 15 is 0 Å². The summed E-state index contributed by atoms with van der Waals surface area (Å²) in [4.78, 5) is 0. The molecule has 1 saturated carbocycles. The SMILES string of the molecule is NC[C@]1(c2cccc(Cl)c2)CC[C@H](NCCO)CC1. The standard InChI is InChI=1S/C15H23ClN2O/c16-13-3-1-2-12(10-13)15(11-17)6-4-14(5-7-15)18-8-9-19/h1-3,10,14,18-19H,4-9,11,17H2/t14-,15-. The molecule has 4 N–H and O–H groups in total. The topological polar surface area (TPSA) is 58.3 Å². The van der Waals surface area contributed by atoms with Crippen molar-refractivity contribution < 1.29 is 5.11 Å². The van der Waals surface area contributed by atoms with E-state index in [9.17, 15) is 0 Å². The minimum absolute atomic E-state index is 0.0717. The Labute approximate surface area is 120 Å². The van der Waals surface area contributed by atoms with Crippen molar-refractivity contribution in [2.24, 2.45) is 5.73 Å². The molecule has 0 spiro atoms. The van der Waals surface area contributed by atoms with Crippen LogP contribution in [0.1, 0.15) is 31.2 Å². The Balaban J connectivity index is 2.05. The number of aliphatic hydroxyl groups is 1. The number of nitrogens with one attached hydrogen (secondary N) is 1. The summed E-state index contributed by atoms with van der Waals surface area (Å²) < 4.78 is 0. The van der Waals surface area contributed by atoms with E-state index in [4.69, 9.17) is 22.4 Å². The molecule has 0 aromatic heterocycles. The van der Waals surface area contributed by atoms with Gasteiger partial charge in [0.05, 0.1) is 6.61 Å². The Kier molecular flexibility index (Phi) is 5.22. The molecule has 2 rings (SSSR count). The van der Waals surface area contributed by atoms with Gasteiger partial charge in [0.15, 0.2) is 0 Å². The lowest BCUT2D eigenvalue weighted by molar-refractivity contribution is 0.232. The van der Waals surface area contributed by atoms with E-state index in [1.807, 2.05) is 12.1 Å². The molecule has 1 aliphatic carbocycles. The predicted octanol–water partition coefficient (Wildman–Crippen LogP) is 2.06. The van der Waals surface area contributed by atoms with Gasteiger partial charge in [0, 0.05) is 29.6 Å². The van der Waals surface area contributed by atoms with Gasteiger partial charge < -0.3 is 16.2 Å². The summed E-state index contributed by atoms with van der Waals surface area (Å²) in [5.74, 6) is 0. The molecule has 3 nitrogen and oxygen atoms in total. The van der Waals surface area contributed by atoms with Crippen molar-refractivity contribution in [3.8, 4) is 0 Å². The van der Waals surface area contributed by atoms with E-state index < -0.39 is 0 Å². The predicted molar refractivity (Wildman–Crippen MR) is 79.5 cm³/mol. The molecule has 106 valence electrons. The van der Waals surface area contributed by atoms with Crippen LogP contribution in [0.2, 0.25) is 5.02 Å². The molecule has 1 aliphatic rings. The second kappa shape index (κ2) is 6.71. The van der Waals surface area contributed by atoms with Gasteiger partial charge in [0.2, 0.25) is 0 Å². The molecule has 0 heterocycles. The highest BCUT2D eigenvalue weighted by atomic mass is 35.5. The molecule has 1 aromatic rings. The van der Waals surface area contributed by atoms with E-state index in [0.717, 1.165) is 30.7 Å². The molecule has 0 bridgehead atoms. The maximum Gasteiger partial charge on any atom is 0.0556 e. The van der Waals surface area contributed by atoms with Crippen molar-refractivity contribution in [2.45, 2.75) is 37.1 Å². The van der Waals surface area contributed by atoms with Gasteiger partial charge >= 0.3 is 0 Å². The van der Waals surface area contributed by atoms with Crippen LogP contribution in [0.15, 0.2) is 24.3 Å². The van der Waals surface area contributed by atoms with Crippen LogP contribution in [0.25, 0.3) is 0 Å². The Bertz CT molecular complexity index is 403. The lowest BCUT2D eigenvalue weighted by Gasteiger charge is -2.40. The molecular formula is C15H23ClN2O. The minimum Gasteiger partial charge on any atom is -0.395 e. The first-order valence-electron chi connectivity index (χ1n) is 7.00. The monoisotopic (exact) mass is 282 g/mol. The highest BCUT2D eigenvalue weighted by Crippen LogP contribution is 2.39. The van der Waals surface area contributed by atoms with Crippen molar-refractivity contribution in [2.75, 3.05) is 19.7 Å². The van der Waals surface area contributed by atoms with Crippen LogP contribution < -0.4 is 11.1 Å². The number of benzene rings is 1. The van der Waals surface area contributed by atoms with Gasteiger partial charge in [-0.2, -0.15) is 0 Å². The largest absolute Gasteiger partial charge is 0.395 e. The fourth-order valence-corrected chi connectivity index (χ4v) is 3.26. The maximum absolute atomic E-state index is 8.86. The average molecular weight is 283 g/mol. The number of hydrogen-bond donors (Lipinski definition) is 3. The third kappa shape index (κ3) is 3.48. The van der Waals surface area contributed by atoms with Crippen molar-refractivity contribution in [1.29, 1.82) is 0 Å². The second-order valence-corrected chi connectivity index (χ2v) is 5.88. The van der Waals surface area contributed by atoms with Crippen molar-refractivity contribution in [3.05, 3.63) is 34.9 Å². The molecule has 0 atom stereocenters. The zero-order valence-corrected chi connectivity index (χ0v) is 12.0. The number of nitrogens with two attached hydrogens (primary N) is 1. The summed E-state index contributed by atoms with van der Waals surface area (Å²) >= 11 is 6.10. The van der Waals surface area contributed by atoms with Gasteiger partial charge in [-0.05, 0) is 43.4 Å². The Hall–Kier alpha value is -0.610. The highest BCUT2D eigenvalue weighted by Gasteiger charge is 2.35. The first kappa shape index (κ1) is 14.8.